The lowest BCUT2D eigenvalue weighted by Gasteiger charge is -2.22. The van der Waals surface area contributed by atoms with Crippen molar-refractivity contribution >= 4 is 16.4 Å². The first-order chi connectivity index (χ1) is 9.95. The maximum atomic E-state index is 10.9. The molecular formula is C14H21NO6S. The first kappa shape index (κ1) is 20.3. The van der Waals surface area contributed by atoms with Crippen LogP contribution in [0.15, 0.2) is 36.9 Å². The average Bonchev–Trinajstić information content (AvgIpc) is 2.36. The molecule has 0 bridgehead atoms. The Morgan fingerprint density at radius 1 is 1.36 bits per heavy atom. The molecule has 0 aliphatic rings. The van der Waals surface area contributed by atoms with E-state index in [1.54, 1.807) is 0 Å². The lowest BCUT2D eigenvalue weighted by molar-refractivity contribution is -0.137. The Hall–Kier alpha value is -1.74. The van der Waals surface area contributed by atoms with Gasteiger partial charge in [-0.1, -0.05) is 30.8 Å². The van der Waals surface area contributed by atoms with Gasteiger partial charge in [-0.05, 0) is 25.0 Å². The van der Waals surface area contributed by atoms with Crippen molar-refractivity contribution in [1.82, 2.24) is 0 Å². The van der Waals surface area contributed by atoms with E-state index in [-0.39, 0.29) is 5.54 Å². The fourth-order valence-electron chi connectivity index (χ4n) is 1.69. The summed E-state index contributed by atoms with van der Waals surface area (Å²) in [7, 11) is -4.67. The zero-order chi connectivity index (χ0) is 17.4. The van der Waals surface area contributed by atoms with E-state index in [9.17, 15) is 4.79 Å². The smallest absolute Gasteiger partial charge is 0.394 e. The van der Waals surface area contributed by atoms with Crippen molar-refractivity contribution in [1.29, 1.82) is 0 Å². The summed E-state index contributed by atoms with van der Waals surface area (Å²) in [5.41, 5.74) is 7.89. The van der Waals surface area contributed by atoms with Gasteiger partial charge < -0.3 is 10.5 Å². The molecule has 0 fully saturated rings. The second-order valence-electron chi connectivity index (χ2n) is 4.95. The monoisotopic (exact) mass is 331 g/mol. The lowest BCUT2D eigenvalue weighted by Crippen LogP contribution is -2.30. The molecule has 0 aliphatic carbocycles. The van der Waals surface area contributed by atoms with Crippen molar-refractivity contribution in [3.8, 4) is 0 Å². The summed E-state index contributed by atoms with van der Waals surface area (Å²) < 4.78 is 36.5. The number of carbonyl (C=O) groups excluding carboxylic acids is 1. The van der Waals surface area contributed by atoms with E-state index in [2.05, 4.69) is 6.58 Å². The van der Waals surface area contributed by atoms with Crippen molar-refractivity contribution in [2.45, 2.75) is 25.8 Å². The molecule has 0 radical (unpaired) electrons. The number of esters is 1. The Bertz CT molecular complexity index is 596. The van der Waals surface area contributed by atoms with Gasteiger partial charge in [0, 0.05) is 18.0 Å². The van der Waals surface area contributed by atoms with Crippen LogP contribution in [0.1, 0.15) is 25.0 Å². The molecule has 1 aromatic rings. The minimum Gasteiger partial charge on any atom is -0.462 e. The molecule has 0 unspecified atom stereocenters. The van der Waals surface area contributed by atoms with E-state index in [0.29, 0.717) is 13.0 Å². The van der Waals surface area contributed by atoms with Gasteiger partial charge in [-0.25, -0.2) is 4.79 Å². The zero-order valence-electron chi connectivity index (χ0n) is 12.5. The maximum Gasteiger partial charge on any atom is 0.394 e. The quantitative estimate of drug-likeness (QED) is 0.424. The van der Waals surface area contributed by atoms with E-state index in [4.69, 9.17) is 28.0 Å². The molecule has 0 aromatic heterocycles. The zero-order valence-corrected chi connectivity index (χ0v) is 13.3. The van der Waals surface area contributed by atoms with Gasteiger partial charge in [-0.3, -0.25) is 9.11 Å². The number of rotatable bonds is 5. The highest BCUT2D eigenvalue weighted by atomic mass is 32.3. The van der Waals surface area contributed by atoms with Crippen LogP contribution in [0.3, 0.4) is 0 Å². The van der Waals surface area contributed by atoms with E-state index in [1.807, 2.05) is 38.1 Å². The highest BCUT2D eigenvalue weighted by Gasteiger charge is 2.17. The van der Waals surface area contributed by atoms with Crippen LogP contribution in [-0.4, -0.2) is 30.1 Å². The van der Waals surface area contributed by atoms with Gasteiger partial charge >= 0.3 is 16.4 Å². The van der Waals surface area contributed by atoms with Crippen LogP contribution in [0.4, 0.5) is 0 Å². The van der Waals surface area contributed by atoms with Crippen molar-refractivity contribution < 1.29 is 27.1 Å². The van der Waals surface area contributed by atoms with Crippen molar-refractivity contribution in [3.05, 3.63) is 48.0 Å². The molecule has 8 heteroatoms. The van der Waals surface area contributed by atoms with Crippen LogP contribution in [0, 0.1) is 0 Å². The molecule has 0 saturated heterocycles. The van der Waals surface area contributed by atoms with E-state index >= 15 is 0 Å². The number of ether oxygens (including phenoxy) is 1. The van der Waals surface area contributed by atoms with Gasteiger partial charge in [0.1, 0.15) is 0 Å². The first-order valence-electron chi connectivity index (χ1n) is 6.31. The van der Waals surface area contributed by atoms with Crippen molar-refractivity contribution in [2.75, 3.05) is 6.61 Å². The van der Waals surface area contributed by atoms with E-state index in [0.717, 1.165) is 11.1 Å². The summed E-state index contributed by atoms with van der Waals surface area (Å²) in [6, 6.07) is 7.93. The van der Waals surface area contributed by atoms with Crippen LogP contribution in [0.5, 0.6) is 0 Å². The summed E-state index contributed by atoms with van der Waals surface area (Å²) >= 11 is 0. The molecule has 7 nitrogen and oxygen atoms in total. The second-order valence-corrected chi connectivity index (χ2v) is 5.84. The molecular weight excluding hydrogens is 310 g/mol. The highest BCUT2D eigenvalue weighted by molar-refractivity contribution is 7.79. The topological polar surface area (TPSA) is 127 Å². The Morgan fingerprint density at radius 3 is 2.32 bits per heavy atom. The Morgan fingerprint density at radius 2 is 1.86 bits per heavy atom. The molecule has 124 valence electrons. The predicted molar refractivity (Wildman–Crippen MR) is 82.7 cm³/mol. The van der Waals surface area contributed by atoms with Gasteiger partial charge in [0.15, 0.2) is 0 Å². The van der Waals surface area contributed by atoms with Gasteiger partial charge in [0.25, 0.3) is 0 Å². The Balaban J connectivity index is 0.000000763. The molecule has 0 spiro atoms. The van der Waals surface area contributed by atoms with Gasteiger partial charge in [-0.2, -0.15) is 8.42 Å². The predicted octanol–water partition coefficient (Wildman–Crippen LogP) is 1.50. The van der Waals surface area contributed by atoms with E-state index < -0.39 is 16.4 Å². The summed E-state index contributed by atoms with van der Waals surface area (Å²) in [5.74, 6) is -0.394. The minimum atomic E-state index is -4.67. The summed E-state index contributed by atoms with van der Waals surface area (Å²) in [6.45, 7) is 7.61. The summed E-state index contributed by atoms with van der Waals surface area (Å²) in [6.07, 6.45) is 1.83. The fourth-order valence-corrected chi connectivity index (χ4v) is 1.69. The van der Waals surface area contributed by atoms with Crippen molar-refractivity contribution in [3.63, 3.8) is 0 Å². The van der Waals surface area contributed by atoms with Crippen LogP contribution >= 0.6 is 0 Å². The molecule has 0 heterocycles. The maximum absolute atomic E-state index is 10.9. The summed E-state index contributed by atoms with van der Waals surface area (Å²) in [4.78, 5) is 10.9. The Labute approximate surface area is 130 Å². The number of benzene rings is 1. The average molecular weight is 331 g/mol. The number of nitrogens with two attached hydrogens (primary N) is 1. The number of hydrogen-bond donors (Lipinski definition) is 3. The molecule has 0 saturated carbocycles. The molecule has 0 aliphatic heterocycles. The third kappa shape index (κ3) is 10.1. The van der Waals surface area contributed by atoms with Crippen LogP contribution < -0.4 is 5.73 Å². The molecule has 4 N–H and O–H groups in total. The Kier molecular flexibility index (Phi) is 7.96. The molecule has 22 heavy (non-hydrogen) atoms. The van der Waals surface area contributed by atoms with Crippen LogP contribution in [-0.2, 0) is 31.9 Å². The molecule has 1 rings (SSSR count). The second kappa shape index (κ2) is 8.64. The van der Waals surface area contributed by atoms with Crippen LogP contribution in [0.25, 0.3) is 0 Å². The fraction of sp³-hybridized carbons (Fsp3) is 0.357. The normalized spacial score (nSPS) is 11.1. The first-order valence-corrected chi connectivity index (χ1v) is 7.71. The third-order valence-electron chi connectivity index (χ3n) is 2.49. The molecule has 0 atom stereocenters. The SMILES string of the molecule is C=CC(=O)OCCc1ccccc1C(C)(C)N.O=S(=O)(O)O. The third-order valence-corrected chi connectivity index (χ3v) is 2.49. The van der Waals surface area contributed by atoms with E-state index in [1.165, 1.54) is 6.08 Å². The largest absolute Gasteiger partial charge is 0.462 e. The molecule has 0 amide bonds. The number of carbonyl (C=O) groups is 1. The van der Waals surface area contributed by atoms with Gasteiger partial charge in [-0.15, -0.1) is 0 Å². The van der Waals surface area contributed by atoms with Crippen LogP contribution in [0.2, 0.25) is 0 Å². The summed E-state index contributed by atoms with van der Waals surface area (Å²) in [5, 5.41) is 0. The van der Waals surface area contributed by atoms with Crippen molar-refractivity contribution in [2.24, 2.45) is 5.73 Å². The lowest BCUT2D eigenvalue weighted by atomic mass is 9.90. The number of hydrogen-bond acceptors (Lipinski definition) is 5. The van der Waals surface area contributed by atoms with Gasteiger partial charge in [0.05, 0.1) is 6.61 Å². The van der Waals surface area contributed by atoms with Gasteiger partial charge in [0.2, 0.25) is 0 Å². The standard InChI is InChI=1S/C14H19NO2.H2O4S/c1-4-13(16)17-10-9-11-7-5-6-8-12(11)14(2,3)15;1-5(2,3)4/h4-8H,1,9-10,15H2,2-3H3;(H2,1,2,3,4). The minimum absolute atomic E-state index is 0.345. The highest BCUT2D eigenvalue weighted by Crippen LogP contribution is 2.21. The molecule has 1 aromatic carbocycles.